The Labute approximate surface area is 141 Å². The van der Waals surface area contributed by atoms with Crippen LogP contribution in [-0.2, 0) is 20.7 Å². The zero-order chi connectivity index (χ0) is 17.2. The molecule has 1 unspecified atom stereocenters. The number of carboxylic acids is 1. The van der Waals surface area contributed by atoms with Crippen molar-refractivity contribution in [2.75, 3.05) is 13.7 Å². The predicted octanol–water partition coefficient (Wildman–Crippen LogP) is 2.21. The Bertz CT molecular complexity index is 606. The van der Waals surface area contributed by atoms with Gasteiger partial charge in [-0.1, -0.05) is 18.6 Å². The average molecular weight is 333 g/mol. The molecule has 6 heteroatoms. The van der Waals surface area contributed by atoms with Gasteiger partial charge in [0.25, 0.3) is 0 Å². The number of carbonyl (C=O) groups is 2. The zero-order valence-electron chi connectivity index (χ0n) is 13.9. The molecule has 1 aliphatic carbocycles. The summed E-state index contributed by atoms with van der Waals surface area (Å²) in [6.45, 7) is 0.0731. The molecule has 1 N–H and O–H groups in total. The van der Waals surface area contributed by atoms with Gasteiger partial charge in [0, 0.05) is 0 Å². The summed E-state index contributed by atoms with van der Waals surface area (Å²) in [5, 5.41) is 9.49. The molecule has 6 nitrogen and oxygen atoms in total. The maximum absolute atomic E-state index is 12.9. The van der Waals surface area contributed by atoms with Crippen LogP contribution in [0.1, 0.15) is 37.7 Å². The fourth-order valence-corrected chi connectivity index (χ4v) is 3.74. The minimum atomic E-state index is -1.000. The summed E-state index contributed by atoms with van der Waals surface area (Å²) in [5.41, 5.74) is 0.105. The Balaban J connectivity index is 1.81. The molecule has 130 valence electrons. The number of carboxylic acid groups (broad SMARTS) is 1. The Morgan fingerprint density at radius 1 is 1.25 bits per heavy atom. The number of aliphatic carboxylic acids is 1. The standard InChI is InChI=1S/C18H23NO5/c1-23-14-7-5-13(6-8-14)11-16(20)19-15(17(21)22)12-24-18(19)9-3-2-4-10-18/h5-8,15H,2-4,9-12H2,1H3,(H,21,22). The average Bonchev–Trinajstić information content (AvgIpc) is 2.95. The highest BCUT2D eigenvalue weighted by Crippen LogP contribution is 2.40. The fraction of sp³-hybridized carbons (Fsp3) is 0.556. The first kappa shape index (κ1) is 16.8. The van der Waals surface area contributed by atoms with Crippen LogP contribution in [0.4, 0.5) is 0 Å². The van der Waals surface area contributed by atoms with E-state index in [1.54, 1.807) is 19.2 Å². The van der Waals surface area contributed by atoms with Crippen molar-refractivity contribution in [3.63, 3.8) is 0 Å². The fourth-order valence-electron chi connectivity index (χ4n) is 3.74. The van der Waals surface area contributed by atoms with Crippen LogP contribution in [-0.4, -0.2) is 47.4 Å². The van der Waals surface area contributed by atoms with E-state index in [0.717, 1.165) is 30.6 Å². The van der Waals surface area contributed by atoms with Crippen molar-refractivity contribution in [1.82, 2.24) is 4.90 Å². The van der Waals surface area contributed by atoms with Gasteiger partial charge in [0.05, 0.1) is 20.1 Å². The van der Waals surface area contributed by atoms with Gasteiger partial charge in [0.15, 0.2) is 6.04 Å². The molecule has 1 saturated heterocycles. The van der Waals surface area contributed by atoms with E-state index < -0.39 is 17.7 Å². The summed E-state index contributed by atoms with van der Waals surface area (Å²) < 4.78 is 11.0. The van der Waals surface area contributed by atoms with Gasteiger partial charge in [-0.05, 0) is 43.4 Å². The van der Waals surface area contributed by atoms with Crippen molar-refractivity contribution >= 4 is 11.9 Å². The van der Waals surface area contributed by atoms with Crippen molar-refractivity contribution < 1.29 is 24.2 Å². The number of hydrogen-bond donors (Lipinski definition) is 1. The Kier molecular flexibility index (Phi) is 4.76. The van der Waals surface area contributed by atoms with Crippen LogP contribution < -0.4 is 4.74 Å². The Hall–Kier alpha value is -2.08. The largest absolute Gasteiger partial charge is 0.497 e. The molecule has 3 rings (SSSR count). The van der Waals surface area contributed by atoms with Gasteiger partial charge >= 0.3 is 5.97 Å². The summed E-state index contributed by atoms with van der Waals surface area (Å²) in [6.07, 6.45) is 4.61. The van der Waals surface area contributed by atoms with E-state index in [0.29, 0.717) is 12.8 Å². The van der Waals surface area contributed by atoms with Gasteiger partial charge in [-0.3, -0.25) is 9.69 Å². The molecule has 1 heterocycles. The number of ether oxygens (including phenoxy) is 2. The molecule has 1 atom stereocenters. The molecule has 1 aromatic rings. The molecule has 24 heavy (non-hydrogen) atoms. The van der Waals surface area contributed by atoms with E-state index in [1.165, 1.54) is 4.90 Å². The van der Waals surface area contributed by atoms with Crippen LogP contribution in [0.5, 0.6) is 5.75 Å². The number of rotatable bonds is 4. The lowest BCUT2D eigenvalue weighted by atomic mass is 9.89. The zero-order valence-corrected chi connectivity index (χ0v) is 13.9. The highest BCUT2D eigenvalue weighted by atomic mass is 16.5. The van der Waals surface area contributed by atoms with Gasteiger partial charge in [0.2, 0.25) is 5.91 Å². The third-order valence-corrected chi connectivity index (χ3v) is 4.96. The minimum Gasteiger partial charge on any atom is -0.497 e. The topological polar surface area (TPSA) is 76.1 Å². The normalized spacial score (nSPS) is 22.5. The van der Waals surface area contributed by atoms with Crippen molar-refractivity contribution in [2.24, 2.45) is 0 Å². The van der Waals surface area contributed by atoms with E-state index in [-0.39, 0.29) is 18.9 Å². The Morgan fingerprint density at radius 3 is 2.50 bits per heavy atom. The van der Waals surface area contributed by atoms with Crippen molar-refractivity contribution in [3.05, 3.63) is 29.8 Å². The van der Waals surface area contributed by atoms with Crippen molar-refractivity contribution in [3.8, 4) is 5.75 Å². The summed E-state index contributed by atoms with van der Waals surface area (Å²) >= 11 is 0. The van der Waals surface area contributed by atoms with E-state index in [9.17, 15) is 14.7 Å². The van der Waals surface area contributed by atoms with Gasteiger partial charge in [0.1, 0.15) is 11.5 Å². The van der Waals surface area contributed by atoms with Crippen LogP contribution in [0.2, 0.25) is 0 Å². The van der Waals surface area contributed by atoms with Crippen molar-refractivity contribution in [1.29, 1.82) is 0 Å². The monoisotopic (exact) mass is 333 g/mol. The molecule has 2 fully saturated rings. The number of amides is 1. The van der Waals surface area contributed by atoms with E-state index in [4.69, 9.17) is 9.47 Å². The Morgan fingerprint density at radius 2 is 1.92 bits per heavy atom. The lowest BCUT2D eigenvalue weighted by Crippen LogP contribution is -2.55. The molecule has 1 spiro atoms. The molecule has 1 aromatic carbocycles. The first-order chi connectivity index (χ1) is 11.6. The highest BCUT2D eigenvalue weighted by Gasteiger charge is 2.52. The lowest BCUT2D eigenvalue weighted by molar-refractivity contribution is -0.163. The lowest BCUT2D eigenvalue weighted by Gasteiger charge is -2.41. The second-order valence-corrected chi connectivity index (χ2v) is 6.46. The molecule has 2 aliphatic rings. The second-order valence-electron chi connectivity index (χ2n) is 6.46. The van der Waals surface area contributed by atoms with Crippen LogP contribution in [0.3, 0.4) is 0 Å². The summed E-state index contributed by atoms with van der Waals surface area (Å²) in [4.78, 5) is 26.0. The number of nitrogens with zero attached hydrogens (tertiary/aromatic N) is 1. The van der Waals surface area contributed by atoms with Crippen LogP contribution >= 0.6 is 0 Å². The molecule has 0 bridgehead atoms. The van der Waals surface area contributed by atoms with E-state index in [2.05, 4.69) is 0 Å². The first-order valence-electron chi connectivity index (χ1n) is 8.37. The molecular weight excluding hydrogens is 310 g/mol. The second kappa shape index (κ2) is 6.81. The van der Waals surface area contributed by atoms with Gasteiger partial charge in [-0.25, -0.2) is 4.79 Å². The highest BCUT2D eigenvalue weighted by molar-refractivity contribution is 5.86. The predicted molar refractivity (Wildman–Crippen MR) is 86.7 cm³/mol. The third kappa shape index (κ3) is 3.11. The van der Waals surface area contributed by atoms with E-state index >= 15 is 0 Å². The van der Waals surface area contributed by atoms with Crippen LogP contribution in [0, 0.1) is 0 Å². The molecule has 1 saturated carbocycles. The quantitative estimate of drug-likeness (QED) is 0.914. The van der Waals surface area contributed by atoms with E-state index in [1.807, 2.05) is 12.1 Å². The summed E-state index contributed by atoms with van der Waals surface area (Å²) in [5.74, 6) is -0.463. The smallest absolute Gasteiger partial charge is 0.328 e. The maximum Gasteiger partial charge on any atom is 0.328 e. The van der Waals surface area contributed by atoms with Gasteiger partial charge < -0.3 is 14.6 Å². The van der Waals surface area contributed by atoms with Gasteiger partial charge in [-0.2, -0.15) is 0 Å². The minimum absolute atomic E-state index is 0.0731. The SMILES string of the molecule is COc1ccc(CC(=O)N2C(C(=O)O)COC23CCCCC3)cc1. The third-order valence-electron chi connectivity index (χ3n) is 4.96. The maximum atomic E-state index is 12.9. The molecule has 0 radical (unpaired) electrons. The number of methoxy groups -OCH3 is 1. The number of benzene rings is 1. The molecule has 1 amide bonds. The molecular formula is C18H23NO5. The molecule has 1 aliphatic heterocycles. The number of hydrogen-bond acceptors (Lipinski definition) is 4. The molecule has 0 aromatic heterocycles. The first-order valence-corrected chi connectivity index (χ1v) is 8.37. The van der Waals surface area contributed by atoms with Gasteiger partial charge in [-0.15, -0.1) is 0 Å². The summed E-state index contributed by atoms with van der Waals surface area (Å²) in [7, 11) is 1.59. The van der Waals surface area contributed by atoms with Crippen LogP contribution in [0.15, 0.2) is 24.3 Å². The van der Waals surface area contributed by atoms with Crippen molar-refractivity contribution in [2.45, 2.75) is 50.3 Å². The summed E-state index contributed by atoms with van der Waals surface area (Å²) in [6, 6.07) is 6.37. The van der Waals surface area contributed by atoms with Crippen LogP contribution in [0.25, 0.3) is 0 Å². The number of carbonyl (C=O) groups excluding carboxylic acids is 1.